The van der Waals surface area contributed by atoms with E-state index in [0.717, 1.165) is 12.4 Å². The minimum absolute atomic E-state index is 0.343. The Hall–Kier alpha value is -1.07. The molecular formula is C8H10F2N2O. The van der Waals surface area contributed by atoms with Crippen molar-refractivity contribution in [2.75, 3.05) is 6.61 Å². The van der Waals surface area contributed by atoms with Crippen LogP contribution in [0.3, 0.4) is 0 Å². The minimum atomic E-state index is -1.42. The zero-order valence-electron chi connectivity index (χ0n) is 7.09. The molecule has 3 nitrogen and oxygen atoms in total. The van der Waals surface area contributed by atoms with Gasteiger partial charge in [0.05, 0.1) is 24.5 Å². The van der Waals surface area contributed by atoms with Crippen molar-refractivity contribution in [3.8, 4) is 0 Å². The number of aliphatic hydroxyl groups excluding tert-OH is 1. The number of halogens is 2. The van der Waals surface area contributed by atoms with Gasteiger partial charge in [0.2, 0.25) is 0 Å². The van der Waals surface area contributed by atoms with Crippen LogP contribution in [0.4, 0.5) is 8.78 Å². The van der Waals surface area contributed by atoms with Crippen LogP contribution in [0, 0.1) is 11.6 Å². The number of aromatic nitrogens is 1. The maximum atomic E-state index is 13.0. The van der Waals surface area contributed by atoms with Gasteiger partial charge < -0.3 is 10.8 Å². The Labute approximate surface area is 74.2 Å². The number of rotatable bonds is 2. The summed E-state index contributed by atoms with van der Waals surface area (Å²) in [6.45, 7) is 0.805. The van der Waals surface area contributed by atoms with Crippen molar-refractivity contribution in [3.05, 3.63) is 29.6 Å². The Morgan fingerprint density at radius 2 is 1.92 bits per heavy atom. The summed E-state index contributed by atoms with van der Waals surface area (Å²) < 4.78 is 26.1. The molecular weight excluding hydrogens is 178 g/mol. The van der Waals surface area contributed by atoms with Crippen LogP contribution in [-0.2, 0) is 5.54 Å². The summed E-state index contributed by atoms with van der Waals surface area (Å²) in [5.41, 5.74) is 3.72. The summed E-state index contributed by atoms with van der Waals surface area (Å²) in [6, 6.07) is 0. The summed E-state index contributed by atoms with van der Waals surface area (Å²) >= 11 is 0. The Morgan fingerprint density at radius 1 is 1.46 bits per heavy atom. The third-order valence-electron chi connectivity index (χ3n) is 1.75. The van der Waals surface area contributed by atoms with Gasteiger partial charge >= 0.3 is 0 Å². The number of nitrogens with zero attached hydrogens (tertiary/aromatic N) is 1. The Kier molecular flexibility index (Phi) is 2.58. The molecule has 1 aromatic heterocycles. The maximum Gasteiger partial charge on any atom is 0.149 e. The molecule has 5 heteroatoms. The van der Waals surface area contributed by atoms with Crippen molar-refractivity contribution in [3.63, 3.8) is 0 Å². The largest absolute Gasteiger partial charge is 0.394 e. The molecule has 0 spiro atoms. The lowest BCUT2D eigenvalue weighted by molar-refractivity contribution is 0.202. The van der Waals surface area contributed by atoms with Gasteiger partial charge in [0.25, 0.3) is 0 Å². The summed E-state index contributed by atoms with van der Waals surface area (Å²) in [4.78, 5) is 3.31. The summed E-state index contributed by atoms with van der Waals surface area (Å²) in [6.07, 6.45) is 1.72. The van der Waals surface area contributed by atoms with E-state index in [4.69, 9.17) is 10.8 Å². The van der Waals surface area contributed by atoms with Gasteiger partial charge in [-0.15, -0.1) is 0 Å². The molecule has 0 fully saturated rings. The third kappa shape index (κ3) is 1.81. The van der Waals surface area contributed by atoms with Gasteiger partial charge in [0, 0.05) is 5.56 Å². The van der Waals surface area contributed by atoms with Crippen molar-refractivity contribution < 1.29 is 13.9 Å². The smallest absolute Gasteiger partial charge is 0.149 e. The van der Waals surface area contributed by atoms with Crippen LogP contribution in [-0.4, -0.2) is 16.7 Å². The predicted molar refractivity (Wildman–Crippen MR) is 42.8 cm³/mol. The Morgan fingerprint density at radius 3 is 2.31 bits per heavy atom. The molecule has 3 N–H and O–H groups in total. The van der Waals surface area contributed by atoms with Gasteiger partial charge in [-0.2, -0.15) is 0 Å². The van der Waals surface area contributed by atoms with Crippen LogP contribution >= 0.6 is 0 Å². The van der Waals surface area contributed by atoms with Crippen LogP contribution < -0.4 is 5.73 Å². The van der Waals surface area contributed by atoms with E-state index < -0.39 is 23.8 Å². The molecule has 1 aromatic rings. The highest BCUT2D eigenvalue weighted by atomic mass is 19.1. The minimum Gasteiger partial charge on any atom is -0.394 e. The van der Waals surface area contributed by atoms with E-state index in [0.29, 0.717) is 0 Å². The first-order valence-corrected chi connectivity index (χ1v) is 3.68. The molecule has 0 saturated carbocycles. The fraction of sp³-hybridized carbons (Fsp3) is 0.375. The monoisotopic (exact) mass is 188 g/mol. The highest BCUT2D eigenvalue weighted by Crippen LogP contribution is 2.22. The number of pyridine rings is 1. The summed E-state index contributed by atoms with van der Waals surface area (Å²) in [7, 11) is 0. The molecule has 0 aliphatic carbocycles. The molecule has 13 heavy (non-hydrogen) atoms. The van der Waals surface area contributed by atoms with Crippen LogP contribution in [0.15, 0.2) is 12.4 Å². The van der Waals surface area contributed by atoms with Crippen molar-refractivity contribution in [1.82, 2.24) is 4.98 Å². The molecule has 0 bridgehead atoms. The number of hydrogen-bond acceptors (Lipinski definition) is 3. The number of hydrogen-bond donors (Lipinski definition) is 2. The second-order valence-electron chi connectivity index (χ2n) is 3.05. The van der Waals surface area contributed by atoms with Crippen molar-refractivity contribution in [2.24, 2.45) is 5.73 Å². The molecule has 0 unspecified atom stereocenters. The van der Waals surface area contributed by atoms with E-state index in [-0.39, 0.29) is 5.56 Å². The average Bonchev–Trinajstić information content (AvgIpc) is 2.03. The first-order chi connectivity index (χ1) is 5.99. The number of aliphatic hydroxyl groups is 1. The van der Waals surface area contributed by atoms with Crippen molar-refractivity contribution in [2.45, 2.75) is 12.5 Å². The van der Waals surface area contributed by atoms with Crippen molar-refractivity contribution >= 4 is 0 Å². The molecule has 0 amide bonds. The van der Waals surface area contributed by atoms with Crippen molar-refractivity contribution in [1.29, 1.82) is 0 Å². The second-order valence-corrected chi connectivity index (χ2v) is 3.05. The highest BCUT2D eigenvalue weighted by Gasteiger charge is 2.27. The van der Waals surface area contributed by atoms with E-state index in [2.05, 4.69) is 4.98 Å². The SMILES string of the molecule is C[C@](N)(CO)c1c(F)cncc1F. The van der Waals surface area contributed by atoms with Gasteiger partial charge in [0.15, 0.2) is 0 Å². The average molecular weight is 188 g/mol. The second kappa shape index (κ2) is 3.35. The fourth-order valence-corrected chi connectivity index (χ4v) is 1.04. The lowest BCUT2D eigenvalue weighted by Crippen LogP contribution is -2.39. The van der Waals surface area contributed by atoms with E-state index >= 15 is 0 Å². The van der Waals surface area contributed by atoms with Crippen LogP contribution in [0.2, 0.25) is 0 Å². The Balaban J connectivity index is 3.28. The van der Waals surface area contributed by atoms with E-state index in [1.165, 1.54) is 6.92 Å². The zero-order valence-corrected chi connectivity index (χ0v) is 7.09. The topological polar surface area (TPSA) is 59.1 Å². The quantitative estimate of drug-likeness (QED) is 0.711. The molecule has 0 aliphatic rings. The van der Waals surface area contributed by atoms with Crippen LogP contribution in [0.25, 0.3) is 0 Å². The van der Waals surface area contributed by atoms with E-state index in [9.17, 15) is 8.78 Å². The van der Waals surface area contributed by atoms with Gasteiger partial charge in [-0.25, -0.2) is 8.78 Å². The predicted octanol–water partition coefficient (Wildman–Crippen LogP) is 0.526. The highest BCUT2D eigenvalue weighted by molar-refractivity contribution is 5.23. The van der Waals surface area contributed by atoms with Gasteiger partial charge in [0.1, 0.15) is 11.6 Å². The molecule has 1 atom stereocenters. The molecule has 0 aliphatic heterocycles. The third-order valence-corrected chi connectivity index (χ3v) is 1.75. The summed E-state index contributed by atoms with van der Waals surface area (Å²) in [5, 5.41) is 8.82. The molecule has 0 saturated heterocycles. The fourth-order valence-electron chi connectivity index (χ4n) is 1.04. The number of nitrogens with two attached hydrogens (primary N) is 1. The van der Waals surface area contributed by atoms with Gasteiger partial charge in [-0.3, -0.25) is 4.98 Å². The molecule has 0 aromatic carbocycles. The first kappa shape index (κ1) is 10.0. The van der Waals surface area contributed by atoms with Gasteiger partial charge in [-0.1, -0.05) is 0 Å². The van der Waals surface area contributed by atoms with E-state index in [1.54, 1.807) is 0 Å². The Bertz CT molecular complexity index is 295. The first-order valence-electron chi connectivity index (χ1n) is 3.68. The maximum absolute atomic E-state index is 13.0. The summed E-state index contributed by atoms with van der Waals surface area (Å²) in [5.74, 6) is -1.70. The standard InChI is InChI=1S/C8H10F2N2O/c1-8(11,4-13)7-5(9)2-12-3-6(7)10/h2-3,13H,4,11H2,1H3/t8-/m0/s1. The lowest BCUT2D eigenvalue weighted by atomic mass is 9.94. The molecule has 0 radical (unpaired) electrons. The molecule has 1 rings (SSSR count). The van der Waals surface area contributed by atoms with Crippen LogP contribution in [0.5, 0.6) is 0 Å². The lowest BCUT2D eigenvalue weighted by Gasteiger charge is -2.22. The van der Waals surface area contributed by atoms with E-state index in [1.807, 2.05) is 0 Å². The van der Waals surface area contributed by atoms with Crippen LogP contribution in [0.1, 0.15) is 12.5 Å². The molecule has 1 heterocycles. The zero-order chi connectivity index (χ0) is 10.1. The normalized spacial score (nSPS) is 15.5. The van der Waals surface area contributed by atoms with Gasteiger partial charge in [-0.05, 0) is 6.92 Å². The molecule has 72 valence electrons.